The van der Waals surface area contributed by atoms with Crippen LogP contribution in [0.1, 0.15) is 75.5 Å². The molecule has 182 valence electrons. The number of aromatic carboxylic acids is 1. The van der Waals surface area contributed by atoms with Crippen LogP contribution in [0.15, 0.2) is 36.4 Å². The van der Waals surface area contributed by atoms with Gasteiger partial charge in [0.05, 0.1) is 16.7 Å². The SMILES string of the molecule is CNC(=O)c1cc(N(C)C(=O)c2cc(C(=O)O)ccc2C=O)ccc1NCC(C)(C)CC(C)C. The Morgan fingerprint density at radius 2 is 1.76 bits per heavy atom. The molecule has 2 aromatic carbocycles. The summed E-state index contributed by atoms with van der Waals surface area (Å²) in [5.74, 6) is -1.54. The van der Waals surface area contributed by atoms with Gasteiger partial charge in [0.25, 0.3) is 11.8 Å². The van der Waals surface area contributed by atoms with Gasteiger partial charge in [-0.3, -0.25) is 14.4 Å². The normalized spacial score (nSPS) is 11.1. The minimum absolute atomic E-state index is 0.0138. The molecule has 0 aliphatic heterocycles. The minimum Gasteiger partial charge on any atom is -0.478 e. The van der Waals surface area contributed by atoms with Crippen LogP contribution in [0.2, 0.25) is 0 Å². The minimum atomic E-state index is -1.20. The van der Waals surface area contributed by atoms with E-state index in [0.29, 0.717) is 35.7 Å². The third kappa shape index (κ3) is 6.43. The zero-order chi connectivity index (χ0) is 25.6. The molecule has 0 saturated heterocycles. The first-order valence-electron chi connectivity index (χ1n) is 11.1. The predicted octanol–water partition coefficient (Wildman–Crippen LogP) is 4.32. The zero-order valence-corrected chi connectivity index (χ0v) is 20.6. The van der Waals surface area contributed by atoms with Gasteiger partial charge in [-0.15, -0.1) is 0 Å². The van der Waals surface area contributed by atoms with Gasteiger partial charge in [-0.2, -0.15) is 0 Å². The van der Waals surface area contributed by atoms with Crippen LogP contribution < -0.4 is 15.5 Å². The molecule has 0 atom stereocenters. The Labute approximate surface area is 200 Å². The molecule has 2 amide bonds. The lowest BCUT2D eigenvalue weighted by Gasteiger charge is -2.28. The molecule has 8 heteroatoms. The second-order valence-corrected chi connectivity index (χ2v) is 9.51. The van der Waals surface area contributed by atoms with Crippen LogP contribution in [0.3, 0.4) is 0 Å². The number of carbonyl (C=O) groups is 4. The lowest BCUT2D eigenvalue weighted by atomic mass is 9.84. The van der Waals surface area contributed by atoms with Crippen LogP contribution in [0.4, 0.5) is 11.4 Å². The number of anilines is 2. The van der Waals surface area contributed by atoms with Crippen LogP contribution in [0.5, 0.6) is 0 Å². The number of carbonyl (C=O) groups excluding carboxylic acids is 3. The standard InChI is InChI=1S/C26H33N3O5/c1-16(2)13-26(3,4)15-28-22-10-9-19(12-21(22)23(31)27-5)29(6)24(32)20-11-17(25(33)34)7-8-18(20)14-30/h7-12,14,16,28H,13,15H2,1-6H3,(H,27,31)(H,33,34). The Kier molecular flexibility index (Phi) is 8.57. The van der Waals surface area contributed by atoms with Crippen molar-refractivity contribution in [3.05, 3.63) is 58.7 Å². The van der Waals surface area contributed by atoms with Gasteiger partial charge in [-0.1, -0.05) is 33.8 Å². The van der Waals surface area contributed by atoms with Gasteiger partial charge >= 0.3 is 5.97 Å². The van der Waals surface area contributed by atoms with E-state index in [1.807, 2.05) is 0 Å². The Balaban J connectivity index is 2.40. The second kappa shape index (κ2) is 11.0. The molecule has 0 saturated carbocycles. The molecule has 8 nitrogen and oxygen atoms in total. The lowest BCUT2D eigenvalue weighted by Crippen LogP contribution is -2.29. The maximum Gasteiger partial charge on any atom is 0.335 e. The maximum absolute atomic E-state index is 13.2. The fourth-order valence-corrected chi connectivity index (χ4v) is 4.00. The fourth-order valence-electron chi connectivity index (χ4n) is 4.00. The summed E-state index contributed by atoms with van der Waals surface area (Å²) < 4.78 is 0. The molecule has 34 heavy (non-hydrogen) atoms. The van der Waals surface area contributed by atoms with E-state index in [1.54, 1.807) is 18.2 Å². The quantitative estimate of drug-likeness (QED) is 0.448. The molecular formula is C26H33N3O5. The topological polar surface area (TPSA) is 116 Å². The molecule has 0 bridgehead atoms. The van der Waals surface area contributed by atoms with Crippen molar-refractivity contribution in [2.75, 3.05) is 30.9 Å². The molecule has 2 rings (SSSR count). The van der Waals surface area contributed by atoms with E-state index >= 15 is 0 Å². The Morgan fingerprint density at radius 1 is 1.09 bits per heavy atom. The highest BCUT2D eigenvalue weighted by Crippen LogP contribution is 2.29. The summed E-state index contributed by atoms with van der Waals surface area (Å²) in [6, 6.07) is 8.79. The number of carboxylic acids is 1. The number of amides is 2. The number of aldehydes is 1. The van der Waals surface area contributed by atoms with E-state index in [9.17, 15) is 24.3 Å². The number of hydrogen-bond donors (Lipinski definition) is 3. The van der Waals surface area contributed by atoms with Crippen LogP contribution in [0.25, 0.3) is 0 Å². The highest BCUT2D eigenvalue weighted by Gasteiger charge is 2.23. The molecule has 0 spiro atoms. The van der Waals surface area contributed by atoms with Gasteiger partial charge in [-0.05, 0) is 48.1 Å². The lowest BCUT2D eigenvalue weighted by molar-refractivity contribution is 0.0696. The summed E-state index contributed by atoms with van der Waals surface area (Å²) in [6.07, 6.45) is 1.52. The van der Waals surface area contributed by atoms with Gasteiger partial charge in [-0.25, -0.2) is 4.79 Å². The number of hydrogen-bond acceptors (Lipinski definition) is 5. The van der Waals surface area contributed by atoms with Gasteiger partial charge in [0.2, 0.25) is 0 Å². The molecule has 0 radical (unpaired) electrons. The molecule has 0 aliphatic rings. The van der Waals surface area contributed by atoms with Crippen molar-refractivity contribution in [3.63, 3.8) is 0 Å². The summed E-state index contributed by atoms with van der Waals surface area (Å²) >= 11 is 0. The van der Waals surface area contributed by atoms with E-state index < -0.39 is 11.9 Å². The van der Waals surface area contributed by atoms with E-state index in [2.05, 4.69) is 38.3 Å². The third-order valence-electron chi connectivity index (χ3n) is 5.54. The largest absolute Gasteiger partial charge is 0.478 e. The van der Waals surface area contributed by atoms with E-state index in [0.717, 1.165) is 6.42 Å². The number of benzene rings is 2. The maximum atomic E-state index is 13.2. The number of nitrogens with zero attached hydrogens (tertiary/aromatic N) is 1. The first-order chi connectivity index (χ1) is 15.9. The van der Waals surface area contributed by atoms with Gasteiger partial charge < -0.3 is 20.6 Å². The van der Waals surface area contributed by atoms with Crippen molar-refractivity contribution in [2.45, 2.75) is 34.1 Å². The van der Waals surface area contributed by atoms with E-state index in [4.69, 9.17) is 0 Å². The fraction of sp³-hybridized carbons (Fsp3) is 0.385. The molecule has 3 N–H and O–H groups in total. The average Bonchev–Trinajstić information content (AvgIpc) is 2.79. The van der Waals surface area contributed by atoms with Gasteiger partial charge in [0, 0.05) is 37.6 Å². The summed E-state index contributed by atoms with van der Waals surface area (Å²) in [6.45, 7) is 9.32. The van der Waals surface area contributed by atoms with Crippen molar-refractivity contribution < 1.29 is 24.3 Å². The average molecular weight is 468 g/mol. The molecule has 0 unspecified atom stereocenters. The van der Waals surface area contributed by atoms with Crippen molar-refractivity contribution in [2.24, 2.45) is 11.3 Å². The number of rotatable bonds is 10. The summed E-state index contributed by atoms with van der Waals surface area (Å²) in [4.78, 5) is 49.8. The highest BCUT2D eigenvalue weighted by atomic mass is 16.4. The van der Waals surface area contributed by atoms with Crippen LogP contribution in [-0.2, 0) is 0 Å². The Bertz CT molecular complexity index is 1090. The number of nitrogens with one attached hydrogen (secondary N) is 2. The van der Waals surface area contributed by atoms with Gasteiger partial charge in [0.15, 0.2) is 6.29 Å². The third-order valence-corrected chi connectivity index (χ3v) is 5.54. The monoisotopic (exact) mass is 467 g/mol. The summed E-state index contributed by atoms with van der Waals surface area (Å²) in [5.41, 5.74) is 1.40. The van der Waals surface area contributed by atoms with Crippen molar-refractivity contribution in [1.82, 2.24) is 5.32 Å². The smallest absolute Gasteiger partial charge is 0.335 e. The molecule has 0 heterocycles. The highest BCUT2D eigenvalue weighted by molar-refractivity contribution is 6.11. The van der Waals surface area contributed by atoms with Crippen molar-refractivity contribution in [3.8, 4) is 0 Å². The second-order valence-electron chi connectivity index (χ2n) is 9.51. The predicted molar refractivity (Wildman–Crippen MR) is 133 cm³/mol. The summed E-state index contributed by atoms with van der Waals surface area (Å²) in [5, 5.41) is 15.2. The molecule has 0 fully saturated rings. The van der Waals surface area contributed by atoms with Crippen LogP contribution in [-0.4, -0.2) is 49.8 Å². The summed E-state index contributed by atoms with van der Waals surface area (Å²) in [7, 11) is 3.04. The first-order valence-corrected chi connectivity index (χ1v) is 11.1. The van der Waals surface area contributed by atoms with E-state index in [1.165, 1.54) is 37.2 Å². The van der Waals surface area contributed by atoms with Crippen molar-refractivity contribution in [1.29, 1.82) is 0 Å². The zero-order valence-electron chi connectivity index (χ0n) is 20.6. The molecule has 0 aliphatic carbocycles. The van der Waals surface area contributed by atoms with Crippen molar-refractivity contribution >= 4 is 35.4 Å². The van der Waals surface area contributed by atoms with Crippen LogP contribution >= 0.6 is 0 Å². The van der Waals surface area contributed by atoms with E-state index in [-0.39, 0.29) is 28.0 Å². The number of carboxylic acid groups (broad SMARTS) is 1. The first kappa shape index (κ1) is 26.6. The molecule has 0 aromatic heterocycles. The van der Waals surface area contributed by atoms with Gasteiger partial charge in [0.1, 0.15) is 0 Å². The molecule has 2 aromatic rings. The molecular weight excluding hydrogens is 434 g/mol. The Hall–Kier alpha value is -3.68. The Morgan fingerprint density at radius 3 is 2.32 bits per heavy atom. The van der Waals surface area contributed by atoms with Crippen LogP contribution in [0, 0.1) is 11.3 Å².